The van der Waals surface area contributed by atoms with Crippen LogP contribution in [0, 0.1) is 0 Å². The van der Waals surface area contributed by atoms with Crippen LogP contribution in [0.4, 0.5) is 0 Å². The maximum atomic E-state index is 5.54. The van der Waals surface area contributed by atoms with Gasteiger partial charge >= 0.3 is 0 Å². The Balaban J connectivity index is 2.28. The predicted molar refractivity (Wildman–Crippen MR) is 79.4 cm³/mol. The van der Waals surface area contributed by atoms with E-state index in [0.29, 0.717) is 0 Å². The number of furan rings is 1. The number of hydrogen-bond acceptors (Lipinski definition) is 2. The molecule has 1 heterocycles. The van der Waals surface area contributed by atoms with Gasteiger partial charge in [-0.2, -0.15) is 0 Å². The molecule has 2 rings (SSSR count). The molecule has 0 fully saturated rings. The SMILES string of the molecule is CCNC(c1ccc(C(C)(C)C)cc1)c1ccco1. The quantitative estimate of drug-likeness (QED) is 0.884. The van der Waals surface area contributed by atoms with E-state index in [1.165, 1.54) is 11.1 Å². The third-order valence-electron chi connectivity index (χ3n) is 3.35. The molecule has 0 amide bonds. The minimum absolute atomic E-state index is 0.133. The van der Waals surface area contributed by atoms with Crippen LogP contribution in [0.1, 0.15) is 50.6 Å². The average Bonchev–Trinajstić information content (AvgIpc) is 2.89. The van der Waals surface area contributed by atoms with Crippen LogP contribution in [0.25, 0.3) is 0 Å². The summed E-state index contributed by atoms with van der Waals surface area (Å²) < 4.78 is 5.54. The van der Waals surface area contributed by atoms with Gasteiger partial charge in [-0.25, -0.2) is 0 Å². The van der Waals surface area contributed by atoms with Gasteiger partial charge < -0.3 is 9.73 Å². The minimum Gasteiger partial charge on any atom is -0.467 e. The topological polar surface area (TPSA) is 25.2 Å². The van der Waals surface area contributed by atoms with Gasteiger partial charge in [-0.3, -0.25) is 0 Å². The van der Waals surface area contributed by atoms with Crippen molar-refractivity contribution in [2.75, 3.05) is 6.54 Å². The molecule has 1 N–H and O–H groups in total. The standard InChI is InChI=1S/C17H23NO/c1-5-18-16(15-7-6-12-19-15)13-8-10-14(11-9-13)17(2,3)4/h6-12,16,18H,5H2,1-4H3. The third kappa shape index (κ3) is 3.27. The molecule has 0 bridgehead atoms. The van der Waals surface area contributed by atoms with Crippen molar-refractivity contribution in [1.29, 1.82) is 0 Å². The maximum absolute atomic E-state index is 5.54. The van der Waals surface area contributed by atoms with E-state index in [-0.39, 0.29) is 11.5 Å². The van der Waals surface area contributed by atoms with Crippen molar-refractivity contribution in [2.45, 2.75) is 39.2 Å². The molecule has 0 saturated heterocycles. The summed E-state index contributed by atoms with van der Waals surface area (Å²) in [5.41, 5.74) is 2.78. The molecule has 0 saturated carbocycles. The zero-order chi connectivity index (χ0) is 13.9. The maximum Gasteiger partial charge on any atom is 0.125 e. The van der Waals surface area contributed by atoms with E-state index in [4.69, 9.17) is 4.42 Å². The van der Waals surface area contributed by atoms with Crippen LogP contribution in [0.2, 0.25) is 0 Å². The largest absolute Gasteiger partial charge is 0.467 e. The molecular weight excluding hydrogens is 234 g/mol. The fourth-order valence-corrected chi connectivity index (χ4v) is 2.22. The lowest BCUT2D eigenvalue weighted by atomic mass is 9.86. The molecule has 2 aromatic rings. The summed E-state index contributed by atoms with van der Waals surface area (Å²) in [5.74, 6) is 0.963. The van der Waals surface area contributed by atoms with Crippen LogP contribution in [0.15, 0.2) is 47.1 Å². The van der Waals surface area contributed by atoms with Crippen molar-refractivity contribution in [3.8, 4) is 0 Å². The van der Waals surface area contributed by atoms with Crippen LogP contribution in [-0.2, 0) is 5.41 Å². The van der Waals surface area contributed by atoms with Crippen LogP contribution in [0.3, 0.4) is 0 Å². The summed E-state index contributed by atoms with van der Waals surface area (Å²) in [5, 5.41) is 3.47. The van der Waals surface area contributed by atoms with E-state index >= 15 is 0 Å². The van der Waals surface area contributed by atoms with Crippen molar-refractivity contribution in [1.82, 2.24) is 5.32 Å². The number of benzene rings is 1. The van der Waals surface area contributed by atoms with Crippen LogP contribution >= 0.6 is 0 Å². The summed E-state index contributed by atoms with van der Waals surface area (Å²) in [6, 6.07) is 12.9. The van der Waals surface area contributed by atoms with Gasteiger partial charge in [-0.15, -0.1) is 0 Å². The van der Waals surface area contributed by atoms with Gasteiger partial charge in [0.1, 0.15) is 5.76 Å². The van der Waals surface area contributed by atoms with Gasteiger partial charge in [-0.05, 0) is 35.2 Å². The number of hydrogen-bond donors (Lipinski definition) is 1. The molecule has 2 nitrogen and oxygen atoms in total. The van der Waals surface area contributed by atoms with Gasteiger partial charge in [0, 0.05) is 0 Å². The van der Waals surface area contributed by atoms with Gasteiger partial charge in [0.05, 0.1) is 12.3 Å². The Bertz CT molecular complexity index is 491. The molecule has 1 aromatic heterocycles. The second kappa shape index (κ2) is 5.62. The summed E-state index contributed by atoms with van der Waals surface area (Å²) in [6.07, 6.45) is 1.73. The van der Waals surface area contributed by atoms with Crippen molar-refractivity contribution in [3.05, 3.63) is 59.5 Å². The molecule has 0 aliphatic rings. The molecule has 0 aliphatic heterocycles. The molecule has 1 atom stereocenters. The zero-order valence-electron chi connectivity index (χ0n) is 12.2. The Morgan fingerprint density at radius 2 is 1.79 bits per heavy atom. The highest BCUT2D eigenvalue weighted by atomic mass is 16.3. The Kier molecular flexibility index (Phi) is 4.11. The molecule has 102 valence electrons. The molecule has 1 unspecified atom stereocenters. The van der Waals surface area contributed by atoms with E-state index < -0.39 is 0 Å². The highest BCUT2D eigenvalue weighted by molar-refractivity contribution is 5.32. The molecule has 0 radical (unpaired) electrons. The van der Waals surface area contributed by atoms with Crippen molar-refractivity contribution in [3.63, 3.8) is 0 Å². The van der Waals surface area contributed by atoms with Crippen LogP contribution in [-0.4, -0.2) is 6.54 Å². The summed E-state index contributed by atoms with van der Waals surface area (Å²) in [7, 11) is 0. The van der Waals surface area contributed by atoms with Gasteiger partial charge in [0.25, 0.3) is 0 Å². The summed E-state index contributed by atoms with van der Waals surface area (Å²) >= 11 is 0. The lowest BCUT2D eigenvalue weighted by molar-refractivity contribution is 0.452. The van der Waals surface area contributed by atoms with E-state index in [1.807, 2.05) is 12.1 Å². The highest BCUT2D eigenvalue weighted by Gasteiger charge is 2.17. The summed E-state index contributed by atoms with van der Waals surface area (Å²) in [4.78, 5) is 0. The number of rotatable bonds is 4. The monoisotopic (exact) mass is 257 g/mol. The number of nitrogens with one attached hydrogen (secondary N) is 1. The van der Waals surface area contributed by atoms with Gasteiger partial charge in [0.2, 0.25) is 0 Å². The average molecular weight is 257 g/mol. The molecule has 2 heteroatoms. The molecule has 1 aromatic carbocycles. The van der Waals surface area contributed by atoms with E-state index in [9.17, 15) is 0 Å². The zero-order valence-corrected chi connectivity index (χ0v) is 12.2. The normalized spacial score (nSPS) is 13.5. The van der Waals surface area contributed by atoms with Gasteiger partial charge in [0.15, 0.2) is 0 Å². The Labute approximate surface area is 115 Å². The Hall–Kier alpha value is -1.54. The first kappa shape index (κ1) is 13.9. The molecule has 0 spiro atoms. The van der Waals surface area contributed by atoms with E-state index in [1.54, 1.807) is 6.26 Å². The third-order valence-corrected chi connectivity index (χ3v) is 3.35. The van der Waals surface area contributed by atoms with Gasteiger partial charge in [-0.1, -0.05) is 52.0 Å². The van der Waals surface area contributed by atoms with E-state index in [2.05, 4.69) is 57.3 Å². The van der Waals surface area contributed by atoms with Crippen molar-refractivity contribution < 1.29 is 4.42 Å². The Morgan fingerprint density at radius 3 is 2.26 bits per heavy atom. The first-order valence-corrected chi connectivity index (χ1v) is 6.89. The molecule has 19 heavy (non-hydrogen) atoms. The van der Waals surface area contributed by atoms with Crippen LogP contribution in [0.5, 0.6) is 0 Å². The first-order chi connectivity index (χ1) is 9.02. The highest BCUT2D eigenvalue weighted by Crippen LogP contribution is 2.26. The Morgan fingerprint density at radius 1 is 1.11 bits per heavy atom. The van der Waals surface area contributed by atoms with Crippen LogP contribution < -0.4 is 5.32 Å². The van der Waals surface area contributed by atoms with Crippen molar-refractivity contribution in [2.24, 2.45) is 0 Å². The first-order valence-electron chi connectivity index (χ1n) is 6.89. The fourth-order valence-electron chi connectivity index (χ4n) is 2.22. The molecular formula is C17H23NO. The second-order valence-electron chi connectivity index (χ2n) is 5.88. The minimum atomic E-state index is 0.133. The van der Waals surface area contributed by atoms with E-state index in [0.717, 1.165) is 12.3 Å². The second-order valence-corrected chi connectivity index (χ2v) is 5.88. The van der Waals surface area contributed by atoms with Crippen molar-refractivity contribution >= 4 is 0 Å². The lowest BCUT2D eigenvalue weighted by Crippen LogP contribution is -2.21. The summed E-state index contributed by atoms with van der Waals surface area (Å²) in [6.45, 7) is 9.72. The fraction of sp³-hybridized carbons (Fsp3) is 0.412. The molecule has 0 aliphatic carbocycles. The smallest absolute Gasteiger partial charge is 0.125 e. The predicted octanol–water partition coefficient (Wildman–Crippen LogP) is 4.28. The lowest BCUT2D eigenvalue weighted by Gasteiger charge is -2.21.